The molecule has 1 aliphatic rings. The van der Waals surface area contributed by atoms with E-state index in [0.717, 1.165) is 16.8 Å². The molecule has 2 aromatic rings. The van der Waals surface area contributed by atoms with E-state index in [1.54, 1.807) is 4.68 Å². The largest absolute Gasteiger partial charge is 0.476 e. The minimum atomic E-state index is -0.957. The van der Waals surface area contributed by atoms with E-state index in [1.807, 2.05) is 42.5 Å². The molecule has 0 fully saturated rings. The van der Waals surface area contributed by atoms with E-state index in [-0.39, 0.29) is 5.69 Å². The van der Waals surface area contributed by atoms with Gasteiger partial charge in [0.05, 0.1) is 12.2 Å². The zero-order valence-corrected chi connectivity index (χ0v) is 9.71. The molecule has 1 aromatic heterocycles. The number of fused-ring (bicyclic) bond motifs is 1. The van der Waals surface area contributed by atoms with Gasteiger partial charge in [-0.1, -0.05) is 36.4 Å². The molecule has 0 spiro atoms. The first-order chi connectivity index (χ1) is 8.75. The molecule has 0 radical (unpaired) electrons. The molecule has 1 aliphatic carbocycles. The Bertz CT molecular complexity index is 627. The van der Waals surface area contributed by atoms with Crippen LogP contribution < -0.4 is 0 Å². The molecule has 4 nitrogen and oxygen atoms in total. The summed E-state index contributed by atoms with van der Waals surface area (Å²) in [7, 11) is 0. The van der Waals surface area contributed by atoms with E-state index in [1.165, 1.54) is 0 Å². The molecular weight excluding hydrogens is 228 g/mol. The number of benzene rings is 1. The monoisotopic (exact) mass is 240 g/mol. The van der Waals surface area contributed by atoms with Crippen molar-refractivity contribution in [1.82, 2.24) is 9.78 Å². The Morgan fingerprint density at radius 3 is 2.83 bits per heavy atom. The molecule has 0 saturated carbocycles. The Morgan fingerprint density at radius 1 is 1.33 bits per heavy atom. The maximum atomic E-state index is 11.1. The number of carboxylic acids is 1. The van der Waals surface area contributed by atoms with Gasteiger partial charge in [-0.3, -0.25) is 4.68 Å². The third kappa shape index (κ3) is 1.72. The molecule has 0 amide bonds. The number of aromatic carboxylic acids is 1. The van der Waals surface area contributed by atoms with Gasteiger partial charge in [-0.2, -0.15) is 5.10 Å². The second-order valence-corrected chi connectivity index (χ2v) is 4.27. The number of hydrogen-bond donors (Lipinski definition) is 1. The molecule has 1 aromatic carbocycles. The van der Waals surface area contributed by atoms with Crippen molar-refractivity contribution in [2.75, 3.05) is 0 Å². The van der Waals surface area contributed by atoms with Crippen molar-refractivity contribution in [2.24, 2.45) is 0 Å². The number of hydrogen-bond acceptors (Lipinski definition) is 2. The van der Waals surface area contributed by atoms with E-state index >= 15 is 0 Å². The van der Waals surface area contributed by atoms with E-state index < -0.39 is 5.97 Å². The Kier molecular flexibility index (Phi) is 2.48. The highest BCUT2D eigenvalue weighted by Crippen LogP contribution is 2.23. The van der Waals surface area contributed by atoms with Crippen LogP contribution in [0, 0.1) is 0 Å². The summed E-state index contributed by atoms with van der Waals surface area (Å²) in [6.07, 6.45) is 4.57. The molecule has 18 heavy (non-hydrogen) atoms. The van der Waals surface area contributed by atoms with Gasteiger partial charge in [-0.15, -0.1) is 0 Å². The highest BCUT2D eigenvalue weighted by Gasteiger charge is 2.22. The second-order valence-electron chi connectivity index (χ2n) is 4.27. The summed E-state index contributed by atoms with van der Waals surface area (Å²) in [6, 6.07) is 9.90. The van der Waals surface area contributed by atoms with Gasteiger partial charge in [0.15, 0.2) is 5.69 Å². The van der Waals surface area contributed by atoms with Crippen LogP contribution in [0.2, 0.25) is 0 Å². The predicted molar refractivity (Wildman–Crippen MR) is 67.5 cm³/mol. The lowest BCUT2D eigenvalue weighted by Gasteiger charge is -2.03. The average Bonchev–Trinajstić information content (AvgIpc) is 2.94. The van der Waals surface area contributed by atoms with Crippen molar-refractivity contribution < 1.29 is 9.90 Å². The van der Waals surface area contributed by atoms with E-state index in [2.05, 4.69) is 5.10 Å². The van der Waals surface area contributed by atoms with E-state index in [9.17, 15) is 4.79 Å². The van der Waals surface area contributed by atoms with E-state index in [4.69, 9.17) is 5.11 Å². The highest BCUT2D eigenvalue weighted by molar-refractivity contribution is 5.89. The van der Waals surface area contributed by atoms with Crippen LogP contribution in [0.3, 0.4) is 0 Å². The van der Waals surface area contributed by atoms with Crippen LogP contribution in [0.4, 0.5) is 0 Å². The fourth-order valence-electron chi connectivity index (χ4n) is 2.24. The van der Waals surface area contributed by atoms with Crippen molar-refractivity contribution >= 4 is 12.0 Å². The lowest BCUT2D eigenvalue weighted by Crippen LogP contribution is -2.06. The number of carboxylic acid groups (broad SMARTS) is 1. The predicted octanol–water partition coefficient (Wildman–Crippen LogP) is 2.20. The molecule has 0 saturated heterocycles. The Labute approximate surface area is 104 Å². The van der Waals surface area contributed by atoms with Crippen LogP contribution in [0.1, 0.15) is 27.3 Å². The zero-order chi connectivity index (χ0) is 12.5. The molecule has 3 rings (SSSR count). The molecule has 0 atom stereocenters. The summed E-state index contributed by atoms with van der Waals surface area (Å²) in [5.41, 5.74) is 3.01. The topological polar surface area (TPSA) is 55.1 Å². The van der Waals surface area contributed by atoms with Gasteiger partial charge >= 0.3 is 5.97 Å². The molecule has 0 bridgehead atoms. The fourth-order valence-corrected chi connectivity index (χ4v) is 2.24. The van der Waals surface area contributed by atoms with Crippen LogP contribution >= 0.6 is 0 Å². The summed E-state index contributed by atoms with van der Waals surface area (Å²) in [4.78, 5) is 11.1. The average molecular weight is 240 g/mol. The molecule has 0 aliphatic heterocycles. The van der Waals surface area contributed by atoms with Gasteiger partial charge in [-0.05, 0) is 18.1 Å². The van der Waals surface area contributed by atoms with Gasteiger partial charge in [0.25, 0.3) is 0 Å². The van der Waals surface area contributed by atoms with Crippen LogP contribution in [-0.2, 0) is 13.0 Å². The Hall–Kier alpha value is -2.36. The molecule has 1 heterocycles. The smallest absolute Gasteiger partial charge is 0.356 e. The van der Waals surface area contributed by atoms with Crippen LogP contribution in [0.5, 0.6) is 0 Å². The first-order valence-electron chi connectivity index (χ1n) is 5.79. The number of carbonyl (C=O) groups is 1. The summed E-state index contributed by atoms with van der Waals surface area (Å²) in [5, 5.41) is 13.3. The number of allylic oxidation sites excluding steroid dienone is 1. The number of aromatic nitrogens is 2. The summed E-state index contributed by atoms with van der Waals surface area (Å²) >= 11 is 0. The lowest BCUT2D eigenvalue weighted by molar-refractivity contribution is 0.0688. The Morgan fingerprint density at radius 2 is 2.11 bits per heavy atom. The van der Waals surface area contributed by atoms with Crippen molar-refractivity contribution in [1.29, 1.82) is 0 Å². The van der Waals surface area contributed by atoms with Gasteiger partial charge < -0.3 is 5.11 Å². The third-order valence-corrected chi connectivity index (χ3v) is 3.07. The van der Waals surface area contributed by atoms with Crippen LogP contribution in [-0.4, -0.2) is 20.9 Å². The molecular formula is C14H12N2O2. The van der Waals surface area contributed by atoms with Crippen molar-refractivity contribution in [3.8, 4) is 0 Å². The molecule has 1 N–H and O–H groups in total. The SMILES string of the molecule is O=C(O)c1nn(Cc2ccccc2)c2c1CC=C2. The van der Waals surface area contributed by atoms with Gasteiger partial charge in [0.2, 0.25) is 0 Å². The molecule has 0 unspecified atom stereocenters. The maximum Gasteiger partial charge on any atom is 0.356 e. The third-order valence-electron chi connectivity index (χ3n) is 3.07. The first-order valence-corrected chi connectivity index (χ1v) is 5.79. The minimum Gasteiger partial charge on any atom is -0.476 e. The molecule has 90 valence electrons. The lowest BCUT2D eigenvalue weighted by atomic mass is 10.2. The van der Waals surface area contributed by atoms with Gasteiger partial charge in [0, 0.05) is 5.56 Å². The van der Waals surface area contributed by atoms with Gasteiger partial charge in [-0.25, -0.2) is 4.79 Å². The van der Waals surface area contributed by atoms with Crippen molar-refractivity contribution in [2.45, 2.75) is 13.0 Å². The van der Waals surface area contributed by atoms with E-state index in [0.29, 0.717) is 13.0 Å². The Balaban J connectivity index is 2.00. The standard InChI is InChI=1S/C14H12N2O2/c17-14(18)13-11-7-4-8-12(11)16(15-13)9-10-5-2-1-3-6-10/h1-6,8H,7,9H2,(H,17,18). The van der Waals surface area contributed by atoms with Crippen LogP contribution in [0.25, 0.3) is 6.08 Å². The van der Waals surface area contributed by atoms with Gasteiger partial charge in [0.1, 0.15) is 0 Å². The quantitative estimate of drug-likeness (QED) is 0.894. The highest BCUT2D eigenvalue weighted by atomic mass is 16.4. The van der Waals surface area contributed by atoms with Crippen molar-refractivity contribution in [3.63, 3.8) is 0 Å². The first kappa shape index (κ1) is 10.8. The fraction of sp³-hybridized carbons (Fsp3) is 0.143. The number of rotatable bonds is 3. The minimum absolute atomic E-state index is 0.172. The summed E-state index contributed by atoms with van der Waals surface area (Å²) < 4.78 is 1.76. The van der Waals surface area contributed by atoms with Crippen molar-refractivity contribution in [3.05, 3.63) is 58.9 Å². The number of nitrogens with zero attached hydrogens (tertiary/aromatic N) is 2. The summed E-state index contributed by atoms with van der Waals surface area (Å²) in [5.74, 6) is -0.957. The normalized spacial score (nSPS) is 12.7. The maximum absolute atomic E-state index is 11.1. The second kappa shape index (κ2) is 4.14. The molecule has 4 heteroatoms. The summed E-state index contributed by atoms with van der Waals surface area (Å²) in [6.45, 7) is 0.598. The zero-order valence-electron chi connectivity index (χ0n) is 9.71. The van der Waals surface area contributed by atoms with Crippen LogP contribution in [0.15, 0.2) is 36.4 Å².